The van der Waals surface area contributed by atoms with E-state index in [2.05, 4.69) is 15.6 Å². The van der Waals surface area contributed by atoms with Crippen molar-refractivity contribution >= 4 is 6.03 Å². The Balaban J connectivity index is 1.34. The quantitative estimate of drug-likeness (QED) is 0.838. The number of likely N-dealkylation sites (tertiary alicyclic amines) is 1. The number of amides is 2. The van der Waals surface area contributed by atoms with Crippen molar-refractivity contribution in [3.8, 4) is 0 Å². The van der Waals surface area contributed by atoms with E-state index in [1.165, 1.54) is 0 Å². The van der Waals surface area contributed by atoms with Crippen LogP contribution in [0, 0.1) is 5.92 Å². The predicted octanol–water partition coefficient (Wildman–Crippen LogP) is 0.0985. The minimum Gasteiger partial charge on any atom is -0.376 e. The largest absolute Gasteiger partial charge is 0.376 e. The average Bonchev–Trinajstić information content (AvgIpc) is 3.03. The molecule has 2 fully saturated rings. The number of hydrogen-bond acceptors (Lipinski definition) is 4. The van der Waals surface area contributed by atoms with Gasteiger partial charge in [0.25, 0.3) is 0 Å². The fourth-order valence-electron chi connectivity index (χ4n) is 2.56. The second-order valence-corrected chi connectivity index (χ2v) is 5.22. The normalized spacial score (nSPS) is 23.4. The van der Waals surface area contributed by atoms with Gasteiger partial charge in [0, 0.05) is 44.9 Å². The third kappa shape index (κ3) is 3.04. The van der Waals surface area contributed by atoms with Gasteiger partial charge in [0.05, 0.1) is 12.3 Å². The van der Waals surface area contributed by atoms with Gasteiger partial charge in [0.2, 0.25) is 0 Å². The van der Waals surface area contributed by atoms with E-state index in [0.29, 0.717) is 12.5 Å². The number of ether oxygens (including phenoxy) is 1. The second kappa shape index (κ2) is 5.56. The Morgan fingerprint density at radius 1 is 1.47 bits per heavy atom. The van der Waals surface area contributed by atoms with Gasteiger partial charge in [-0.1, -0.05) is 5.21 Å². The smallest absolute Gasteiger partial charge is 0.317 e. The molecule has 2 aliphatic rings. The summed E-state index contributed by atoms with van der Waals surface area (Å²) in [5, 5.41) is 10.6. The van der Waals surface area contributed by atoms with Crippen LogP contribution in [0.2, 0.25) is 0 Å². The molecule has 0 bridgehead atoms. The van der Waals surface area contributed by atoms with Crippen molar-refractivity contribution in [2.45, 2.75) is 25.5 Å². The molecule has 3 heterocycles. The Bertz CT molecular complexity index is 410. The van der Waals surface area contributed by atoms with Crippen LogP contribution >= 0.6 is 0 Å². The fraction of sp³-hybridized carbons (Fsp3) is 0.750. The molecule has 0 saturated carbocycles. The maximum Gasteiger partial charge on any atom is 0.317 e. The average molecular weight is 265 g/mol. The molecule has 1 N–H and O–H groups in total. The van der Waals surface area contributed by atoms with E-state index in [9.17, 15) is 4.79 Å². The van der Waals surface area contributed by atoms with Gasteiger partial charge in [0.15, 0.2) is 0 Å². The number of rotatable bonds is 4. The molecule has 7 nitrogen and oxygen atoms in total. The predicted molar refractivity (Wildman–Crippen MR) is 67.5 cm³/mol. The van der Waals surface area contributed by atoms with Gasteiger partial charge in [-0.3, -0.25) is 4.68 Å². The molecule has 0 aromatic carbocycles. The first-order valence-corrected chi connectivity index (χ1v) is 6.80. The highest BCUT2D eigenvalue weighted by Gasteiger charge is 2.31. The molecular weight excluding hydrogens is 246 g/mol. The highest BCUT2D eigenvalue weighted by atomic mass is 16.5. The first kappa shape index (κ1) is 12.4. The van der Waals surface area contributed by atoms with Gasteiger partial charge in [0.1, 0.15) is 0 Å². The van der Waals surface area contributed by atoms with Crippen molar-refractivity contribution in [3.05, 3.63) is 12.4 Å². The Kier molecular flexibility index (Phi) is 3.63. The summed E-state index contributed by atoms with van der Waals surface area (Å²) in [5.74, 6) is 0.482. The van der Waals surface area contributed by atoms with E-state index in [1.54, 1.807) is 6.20 Å². The highest BCUT2D eigenvalue weighted by Crippen LogP contribution is 2.17. The Labute approximate surface area is 111 Å². The molecule has 19 heavy (non-hydrogen) atoms. The van der Waals surface area contributed by atoms with Gasteiger partial charge in [-0.2, -0.15) is 0 Å². The number of hydrogen-bond donors (Lipinski definition) is 1. The molecule has 1 aromatic rings. The van der Waals surface area contributed by atoms with Gasteiger partial charge < -0.3 is 15.0 Å². The highest BCUT2D eigenvalue weighted by molar-refractivity contribution is 5.75. The van der Waals surface area contributed by atoms with Gasteiger partial charge in [-0.25, -0.2) is 4.79 Å². The molecule has 0 aliphatic carbocycles. The summed E-state index contributed by atoms with van der Waals surface area (Å²) < 4.78 is 7.29. The first-order chi connectivity index (χ1) is 9.31. The molecule has 0 spiro atoms. The van der Waals surface area contributed by atoms with Crippen molar-refractivity contribution in [3.63, 3.8) is 0 Å². The molecule has 7 heteroatoms. The zero-order valence-corrected chi connectivity index (χ0v) is 10.9. The molecule has 2 amide bonds. The Morgan fingerprint density at radius 3 is 3.05 bits per heavy atom. The molecule has 0 radical (unpaired) electrons. The van der Waals surface area contributed by atoms with Crippen LogP contribution in [0.1, 0.15) is 12.8 Å². The molecule has 1 aromatic heterocycles. The second-order valence-electron chi connectivity index (χ2n) is 5.22. The van der Waals surface area contributed by atoms with Gasteiger partial charge in [-0.05, 0) is 12.8 Å². The molecule has 1 unspecified atom stereocenters. The topological polar surface area (TPSA) is 72.3 Å². The molecule has 3 rings (SSSR count). The van der Waals surface area contributed by atoms with E-state index < -0.39 is 0 Å². The summed E-state index contributed by atoms with van der Waals surface area (Å²) in [6.07, 6.45) is 5.88. The molecular formula is C12H19N5O2. The number of nitrogens with zero attached hydrogens (tertiary/aromatic N) is 4. The lowest BCUT2D eigenvalue weighted by Crippen LogP contribution is -2.55. The monoisotopic (exact) mass is 265 g/mol. The van der Waals surface area contributed by atoms with Crippen LogP contribution in [-0.4, -0.2) is 58.3 Å². The van der Waals surface area contributed by atoms with Crippen LogP contribution < -0.4 is 5.32 Å². The molecule has 1 atom stereocenters. The maximum absolute atomic E-state index is 11.9. The maximum atomic E-state index is 11.9. The van der Waals surface area contributed by atoms with E-state index in [4.69, 9.17) is 4.74 Å². The van der Waals surface area contributed by atoms with Crippen molar-refractivity contribution < 1.29 is 9.53 Å². The molecule has 2 aliphatic heterocycles. The van der Waals surface area contributed by atoms with Crippen molar-refractivity contribution in [2.75, 3.05) is 26.2 Å². The Morgan fingerprint density at radius 2 is 2.37 bits per heavy atom. The summed E-state index contributed by atoms with van der Waals surface area (Å²) in [6.45, 7) is 3.86. The van der Waals surface area contributed by atoms with Crippen molar-refractivity contribution in [1.82, 2.24) is 25.2 Å². The summed E-state index contributed by atoms with van der Waals surface area (Å²) in [5.41, 5.74) is 0. The molecule has 104 valence electrons. The van der Waals surface area contributed by atoms with Crippen LogP contribution in [0.3, 0.4) is 0 Å². The SMILES string of the molecule is O=C(NCC1CCCO1)N1CC(Cn2ccnn2)C1. The zero-order chi connectivity index (χ0) is 13.1. The number of carbonyl (C=O) groups is 1. The van der Waals surface area contributed by atoms with Gasteiger partial charge in [-0.15, -0.1) is 5.10 Å². The third-order valence-corrected chi connectivity index (χ3v) is 3.67. The van der Waals surface area contributed by atoms with E-state index in [0.717, 1.165) is 39.1 Å². The van der Waals surface area contributed by atoms with Crippen molar-refractivity contribution in [2.24, 2.45) is 5.92 Å². The van der Waals surface area contributed by atoms with Crippen LogP contribution in [0.15, 0.2) is 12.4 Å². The lowest BCUT2D eigenvalue weighted by Gasteiger charge is -2.39. The number of carbonyl (C=O) groups excluding carboxylic acids is 1. The van der Waals surface area contributed by atoms with Crippen LogP contribution in [0.5, 0.6) is 0 Å². The van der Waals surface area contributed by atoms with E-state index in [1.807, 2.05) is 15.8 Å². The number of nitrogens with one attached hydrogen (secondary N) is 1. The summed E-state index contributed by atoms with van der Waals surface area (Å²) in [4.78, 5) is 13.7. The summed E-state index contributed by atoms with van der Waals surface area (Å²) in [7, 11) is 0. The fourth-order valence-corrected chi connectivity index (χ4v) is 2.56. The van der Waals surface area contributed by atoms with Crippen LogP contribution in [-0.2, 0) is 11.3 Å². The lowest BCUT2D eigenvalue weighted by atomic mass is 10.0. The Hall–Kier alpha value is -1.63. The standard InChI is InChI=1S/C12H19N5O2/c18-12(13-6-11-2-1-5-19-11)16-7-10(8-16)9-17-4-3-14-15-17/h3-4,10-11H,1-2,5-9H2,(H,13,18). The minimum atomic E-state index is 0.0188. The van der Waals surface area contributed by atoms with Gasteiger partial charge >= 0.3 is 6.03 Å². The van der Waals surface area contributed by atoms with E-state index >= 15 is 0 Å². The number of urea groups is 1. The zero-order valence-electron chi connectivity index (χ0n) is 10.9. The number of aromatic nitrogens is 3. The van der Waals surface area contributed by atoms with Crippen LogP contribution in [0.25, 0.3) is 0 Å². The summed E-state index contributed by atoms with van der Waals surface area (Å²) >= 11 is 0. The first-order valence-electron chi connectivity index (χ1n) is 6.80. The van der Waals surface area contributed by atoms with Crippen molar-refractivity contribution in [1.29, 1.82) is 0 Å². The molecule has 2 saturated heterocycles. The minimum absolute atomic E-state index is 0.0188. The lowest BCUT2D eigenvalue weighted by molar-refractivity contribution is 0.0917. The summed E-state index contributed by atoms with van der Waals surface area (Å²) in [6, 6.07) is 0.0188. The van der Waals surface area contributed by atoms with Crippen LogP contribution in [0.4, 0.5) is 4.79 Å². The third-order valence-electron chi connectivity index (χ3n) is 3.67. The van der Waals surface area contributed by atoms with E-state index in [-0.39, 0.29) is 12.1 Å².